The summed E-state index contributed by atoms with van der Waals surface area (Å²) in [7, 11) is 0. The Morgan fingerprint density at radius 1 is 1.27 bits per heavy atom. The summed E-state index contributed by atoms with van der Waals surface area (Å²) in [5.74, 6) is -0.710. The highest BCUT2D eigenvalue weighted by Gasteiger charge is 2.33. The van der Waals surface area contributed by atoms with Crippen LogP contribution in [0.5, 0.6) is 0 Å². The number of anilines is 1. The van der Waals surface area contributed by atoms with Gasteiger partial charge in [-0.15, -0.1) is 5.10 Å². The van der Waals surface area contributed by atoms with E-state index in [1.54, 1.807) is 4.68 Å². The van der Waals surface area contributed by atoms with Gasteiger partial charge in [0.05, 0.1) is 17.0 Å². The smallest absolute Gasteiger partial charge is 0.325 e. The second-order valence-corrected chi connectivity index (χ2v) is 6.10. The van der Waals surface area contributed by atoms with Gasteiger partial charge in [-0.05, 0) is 19.1 Å². The van der Waals surface area contributed by atoms with Gasteiger partial charge >= 0.3 is 6.18 Å². The average molecular weight is 382 g/mol. The van der Waals surface area contributed by atoms with Crippen LogP contribution in [-0.4, -0.2) is 36.6 Å². The van der Waals surface area contributed by atoms with Crippen molar-refractivity contribution in [3.05, 3.63) is 36.2 Å². The molecule has 0 saturated heterocycles. The van der Waals surface area contributed by atoms with E-state index < -0.39 is 17.6 Å². The van der Waals surface area contributed by atoms with Crippen molar-refractivity contribution in [3.8, 4) is 0 Å². The minimum atomic E-state index is -4.55. The zero-order chi connectivity index (χ0) is 18.7. The van der Waals surface area contributed by atoms with Gasteiger partial charge in [-0.1, -0.05) is 29.1 Å². The second kappa shape index (κ2) is 7.28. The first kappa shape index (κ1) is 18.1. The molecule has 0 fully saturated rings. The number of fused-ring (bicyclic) bond motifs is 1. The number of amides is 1. The Labute approximate surface area is 150 Å². The number of hydrogen-bond acceptors (Lipinski definition) is 6. The van der Waals surface area contributed by atoms with Crippen molar-refractivity contribution in [1.82, 2.24) is 25.0 Å². The van der Waals surface area contributed by atoms with Crippen LogP contribution in [0.4, 0.5) is 18.9 Å². The van der Waals surface area contributed by atoms with Gasteiger partial charge < -0.3 is 5.32 Å². The molecule has 1 N–H and O–H groups in total. The lowest BCUT2D eigenvalue weighted by Crippen LogP contribution is -2.18. The number of carbonyl (C=O) groups excluding carboxylic acids is 1. The molecule has 26 heavy (non-hydrogen) atoms. The Morgan fingerprint density at radius 3 is 2.77 bits per heavy atom. The largest absolute Gasteiger partial charge is 0.418 e. The van der Waals surface area contributed by atoms with Crippen molar-refractivity contribution >= 4 is 34.5 Å². The first-order valence-corrected chi connectivity index (χ1v) is 8.51. The number of aryl methyl sites for hydroxylation is 1. The van der Waals surface area contributed by atoms with Gasteiger partial charge in [0.1, 0.15) is 11.4 Å². The van der Waals surface area contributed by atoms with Crippen LogP contribution >= 0.6 is 11.8 Å². The van der Waals surface area contributed by atoms with Crippen molar-refractivity contribution < 1.29 is 18.0 Å². The van der Waals surface area contributed by atoms with E-state index in [2.05, 4.69) is 25.6 Å². The Kier molecular flexibility index (Phi) is 5.07. The summed E-state index contributed by atoms with van der Waals surface area (Å²) in [5.41, 5.74) is -0.195. The van der Waals surface area contributed by atoms with Crippen molar-refractivity contribution in [1.29, 1.82) is 0 Å². The Bertz CT molecular complexity index is 943. The normalized spacial score (nSPS) is 11.7. The average Bonchev–Trinajstić information content (AvgIpc) is 3.03. The molecular formula is C15H13F3N6OS. The van der Waals surface area contributed by atoms with Crippen molar-refractivity contribution in [3.63, 3.8) is 0 Å². The molecule has 1 amide bonds. The summed E-state index contributed by atoms with van der Waals surface area (Å²) in [5, 5.41) is 10.6. The summed E-state index contributed by atoms with van der Waals surface area (Å²) >= 11 is 1.05. The lowest BCUT2D eigenvalue weighted by molar-refractivity contribution is -0.137. The van der Waals surface area contributed by atoms with Gasteiger partial charge in [0.15, 0.2) is 11.2 Å². The number of alkyl halides is 3. The van der Waals surface area contributed by atoms with E-state index in [1.807, 2.05) is 6.92 Å². The van der Waals surface area contributed by atoms with Gasteiger partial charge in [0.2, 0.25) is 5.91 Å². The maximum absolute atomic E-state index is 13.0. The van der Waals surface area contributed by atoms with Crippen LogP contribution in [-0.2, 0) is 17.5 Å². The lowest BCUT2D eigenvalue weighted by atomic mass is 10.1. The number of carbonyl (C=O) groups is 1. The van der Waals surface area contributed by atoms with Crippen LogP contribution in [0.2, 0.25) is 0 Å². The predicted octanol–water partition coefficient (Wildman–Crippen LogP) is 2.99. The highest BCUT2D eigenvalue weighted by Crippen LogP contribution is 2.34. The van der Waals surface area contributed by atoms with Crippen LogP contribution in [0.15, 0.2) is 35.6 Å². The van der Waals surface area contributed by atoms with Gasteiger partial charge in [-0.25, -0.2) is 14.6 Å². The van der Waals surface area contributed by atoms with Crippen molar-refractivity contribution in [2.45, 2.75) is 24.7 Å². The van der Waals surface area contributed by atoms with E-state index >= 15 is 0 Å². The first-order valence-electron chi connectivity index (χ1n) is 7.53. The molecule has 0 radical (unpaired) electrons. The molecule has 0 aliphatic heterocycles. The standard InChI is InChI=1S/C15H13F3N6OS/c1-2-24-13-12(22-23-24)14(20-8-19-13)26-7-11(25)21-10-6-4-3-5-9(10)15(16,17)18/h3-6,8H,2,7H2,1H3,(H,21,25). The number of halogens is 3. The van der Waals surface area contributed by atoms with Gasteiger partial charge in [0, 0.05) is 6.54 Å². The van der Waals surface area contributed by atoms with Crippen LogP contribution < -0.4 is 5.32 Å². The van der Waals surface area contributed by atoms with E-state index in [0.29, 0.717) is 22.7 Å². The fraction of sp³-hybridized carbons (Fsp3) is 0.267. The SMILES string of the molecule is CCn1nnc2c(SCC(=O)Nc3ccccc3C(F)(F)F)ncnc21. The highest BCUT2D eigenvalue weighted by molar-refractivity contribution is 8.00. The van der Waals surface area contributed by atoms with Crippen molar-refractivity contribution in [2.75, 3.05) is 11.1 Å². The molecule has 2 aromatic heterocycles. The van der Waals surface area contributed by atoms with Gasteiger partial charge in [-0.3, -0.25) is 4.79 Å². The predicted molar refractivity (Wildman–Crippen MR) is 89.6 cm³/mol. The molecule has 0 saturated carbocycles. The number of aromatic nitrogens is 5. The summed E-state index contributed by atoms with van der Waals surface area (Å²) < 4.78 is 40.5. The summed E-state index contributed by atoms with van der Waals surface area (Å²) in [6.07, 6.45) is -3.22. The molecule has 0 atom stereocenters. The molecule has 1 aromatic carbocycles. The van der Waals surface area contributed by atoms with Crippen molar-refractivity contribution in [2.24, 2.45) is 0 Å². The maximum atomic E-state index is 13.0. The molecule has 3 aromatic rings. The van der Waals surface area contributed by atoms with Crippen LogP contribution in [0.3, 0.4) is 0 Å². The molecule has 0 aliphatic carbocycles. The molecule has 3 rings (SSSR count). The number of nitrogens with one attached hydrogen (secondary N) is 1. The van der Waals surface area contributed by atoms with Gasteiger partial charge in [0.25, 0.3) is 0 Å². The maximum Gasteiger partial charge on any atom is 0.418 e. The zero-order valence-electron chi connectivity index (χ0n) is 13.5. The second-order valence-electron chi connectivity index (χ2n) is 5.14. The van der Waals surface area contributed by atoms with E-state index in [4.69, 9.17) is 0 Å². The molecule has 0 unspecified atom stereocenters. The van der Waals surface area contributed by atoms with E-state index in [9.17, 15) is 18.0 Å². The summed E-state index contributed by atoms with van der Waals surface area (Å²) in [6, 6.07) is 4.82. The fourth-order valence-corrected chi connectivity index (χ4v) is 2.98. The quantitative estimate of drug-likeness (QED) is 0.539. The van der Waals surface area contributed by atoms with Gasteiger partial charge in [-0.2, -0.15) is 13.2 Å². The molecule has 0 spiro atoms. The topological polar surface area (TPSA) is 85.6 Å². The van der Waals surface area contributed by atoms with Crippen LogP contribution in [0.1, 0.15) is 12.5 Å². The van der Waals surface area contributed by atoms with Crippen LogP contribution in [0, 0.1) is 0 Å². The number of thioether (sulfide) groups is 1. The molecule has 7 nitrogen and oxygen atoms in total. The van der Waals surface area contributed by atoms with E-state index in [0.717, 1.165) is 17.8 Å². The molecule has 136 valence electrons. The number of para-hydroxylation sites is 1. The first-order chi connectivity index (χ1) is 12.4. The Morgan fingerprint density at radius 2 is 2.04 bits per heavy atom. The number of hydrogen-bond donors (Lipinski definition) is 1. The highest BCUT2D eigenvalue weighted by atomic mass is 32.2. The molecular weight excluding hydrogens is 369 g/mol. The lowest BCUT2D eigenvalue weighted by Gasteiger charge is -2.13. The fourth-order valence-electron chi connectivity index (χ4n) is 2.25. The third-order valence-electron chi connectivity index (χ3n) is 3.41. The van der Waals surface area contributed by atoms with E-state index in [1.165, 1.54) is 24.5 Å². The number of benzene rings is 1. The van der Waals surface area contributed by atoms with Crippen LogP contribution in [0.25, 0.3) is 11.2 Å². The molecule has 0 aliphatic rings. The molecule has 0 bridgehead atoms. The summed E-state index contributed by atoms with van der Waals surface area (Å²) in [4.78, 5) is 20.2. The summed E-state index contributed by atoms with van der Waals surface area (Å²) in [6.45, 7) is 2.46. The Balaban J connectivity index is 1.72. The number of nitrogens with zero attached hydrogens (tertiary/aromatic N) is 5. The minimum Gasteiger partial charge on any atom is -0.325 e. The van der Waals surface area contributed by atoms with E-state index in [-0.39, 0.29) is 11.4 Å². The number of rotatable bonds is 5. The Hall–Kier alpha value is -2.69. The monoisotopic (exact) mass is 382 g/mol. The zero-order valence-corrected chi connectivity index (χ0v) is 14.3. The molecule has 2 heterocycles. The third-order valence-corrected chi connectivity index (χ3v) is 4.39. The minimum absolute atomic E-state index is 0.128. The molecule has 11 heteroatoms. The third kappa shape index (κ3) is 3.77.